The van der Waals surface area contributed by atoms with Gasteiger partial charge in [0.2, 0.25) is 11.8 Å². The second kappa shape index (κ2) is 9.35. The minimum absolute atomic E-state index is 0.0255. The minimum Gasteiger partial charge on any atom is -0.457 e. The molecule has 0 spiro atoms. The number of hydrogen-bond donors (Lipinski definition) is 2. The largest absolute Gasteiger partial charge is 0.457 e. The Morgan fingerprint density at radius 2 is 1.61 bits per heavy atom. The van der Waals surface area contributed by atoms with E-state index < -0.39 is 6.04 Å². The van der Waals surface area contributed by atoms with E-state index in [0.717, 1.165) is 31.2 Å². The second-order valence-electron chi connectivity index (χ2n) is 7.13. The van der Waals surface area contributed by atoms with Crippen molar-refractivity contribution in [3.05, 3.63) is 59.9 Å². The summed E-state index contributed by atoms with van der Waals surface area (Å²) in [7, 11) is 0. The van der Waals surface area contributed by atoms with Crippen LogP contribution in [0.2, 0.25) is 0 Å². The summed E-state index contributed by atoms with van der Waals surface area (Å²) >= 11 is 0. The van der Waals surface area contributed by atoms with Gasteiger partial charge in [0.15, 0.2) is 0 Å². The monoisotopic (exact) mass is 384 g/mol. The fourth-order valence-electron chi connectivity index (χ4n) is 3.24. The second-order valence-corrected chi connectivity index (χ2v) is 7.13. The average molecular weight is 384 g/mol. The molecule has 2 N–H and O–H groups in total. The normalized spacial score (nSPS) is 15.1. The Bertz CT molecular complexity index is 800. The lowest BCUT2D eigenvalue weighted by atomic mass is 10.1. The first-order valence-electron chi connectivity index (χ1n) is 9.62. The number of hydrogen-bond acceptors (Lipinski definition) is 3. The third kappa shape index (κ3) is 5.55. The Balaban J connectivity index is 1.45. The van der Waals surface area contributed by atoms with Crippen LogP contribution in [0.25, 0.3) is 0 Å². The van der Waals surface area contributed by atoms with E-state index in [1.54, 1.807) is 31.2 Å². The average Bonchev–Trinajstić information content (AvgIpc) is 3.24. The van der Waals surface area contributed by atoms with Crippen LogP contribution >= 0.6 is 0 Å². The van der Waals surface area contributed by atoms with E-state index in [1.165, 1.54) is 12.1 Å². The van der Waals surface area contributed by atoms with Gasteiger partial charge in [-0.1, -0.05) is 25.0 Å². The van der Waals surface area contributed by atoms with Gasteiger partial charge >= 0.3 is 0 Å². The van der Waals surface area contributed by atoms with Crippen molar-refractivity contribution < 1.29 is 18.7 Å². The third-order valence-corrected chi connectivity index (χ3v) is 4.92. The van der Waals surface area contributed by atoms with E-state index in [4.69, 9.17) is 4.74 Å². The van der Waals surface area contributed by atoms with Gasteiger partial charge in [-0.15, -0.1) is 0 Å². The van der Waals surface area contributed by atoms with Gasteiger partial charge in [0.05, 0.1) is 0 Å². The topological polar surface area (TPSA) is 67.4 Å². The molecule has 0 unspecified atom stereocenters. The molecule has 5 nitrogen and oxygen atoms in total. The molecule has 0 bridgehead atoms. The van der Waals surface area contributed by atoms with Crippen molar-refractivity contribution in [2.75, 3.05) is 0 Å². The molecular formula is C22H25FN2O3. The summed E-state index contributed by atoms with van der Waals surface area (Å²) in [4.78, 5) is 24.3. The number of nitrogens with one attached hydrogen (secondary N) is 2. The summed E-state index contributed by atoms with van der Waals surface area (Å²) in [6, 6.07) is 12.5. The zero-order valence-electron chi connectivity index (χ0n) is 15.9. The number of rotatable bonds is 7. The molecule has 2 amide bonds. The zero-order chi connectivity index (χ0) is 19.9. The molecule has 0 radical (unpaired) electrons. The summed E-state index contributed by atoms with van der Waals surface area (Å²) in [5.41, 5.74) is 0.911. The lowest BCUT2D eigenvalue weighted by Gasteiger charge is -2.17. The van der Waals surface area contributed by atoms with E-state index in [0.29, 0.717) is 18.0 Å². The van der Waals surface area contributed by atoms with E-state index >= 15 is 0 Å². The van der Waals surface area contributed by atoms with Gasteiger partial charge in [0.25, 0.3) is 0 Å². The summed E-state index contributed by atoms with van der Waals surface area (Å²) in [6.07, 6.45) is 3.98. The maximum Gasteiger partial charge on any atom is 0.242 e. The van der Waals surface area contributed by atoms with Crippen LogP contribution in [0.1, 0.15) is 38.2 Å². The van der Waals surface area contributed by atoms with Crippen molar-refractivity contribution >= 4 is 11.8 Å². The van der Waals surface area contributed by atoms with Crippen LogP contribution in [-0.2, 0) is 16.1 Å². The van der Waals surface area contributed by atoms with Crippen LogP contribution in [0.4, 0.5) is 4.39 Å². The highest BCUT2D eigenvalue weighted by molar-refractivity contribution is 5.88. The maximum atomic E-state index is 12.9. The number of benzene rings is 2. The first kappa shape index (κ1) is 19.9. The van der Waals surface area contributed by atoms with Crippen molar-refractivity contribution in [1.29, 1.82) is 0 Å². The Morgan fingerprint density at radius 3 is 2.21 bits per heavy atom. The Kier molecular flexibility index (Phi) is 6.63. The molecule has 1 aliphatic carbocycles. The lowest BCUT2D eigenvalue weighted by Crippen LogP contribution is -2.46. The first-order chi connectivity index (χ1) is 13.5. The third-order valence-electron chi connectivity index (χ3n) is 4.92. The van der Waals surface area contributed by atoms with Gasteiger partial charge in [0.1, 0.15) is 23.4 Å². The number of ether oxygens (including phenoxy) is 1. The standard InChI is InChI=1S/C22H25FN2O3/c1-15(25-22(27)17-4-2-3-5-17)21(26)24-14-16-6-10-19(11-7-16)28-20-12-8-18(23)9-13-20/h6-13,15,17H,2-5,14H2,1H3,(H,24,26)(H,25,27)/t15-/m1/s1. The Hall–Kier alpha value is -2.89. The fraction of sp³-hybridized carbons (Fsp3) is 0.364. The molecule has 148 valence electrons. The number of carbonyl (C=O) groups excluding carboxylic acids is 2. The number of carbonyl (C=O) groups is 2. The highest BCUT2D eigenvalue weighted by atomic mass is 19.1. The molecule has 1 aliphatic rings. The van der Waals surface area contributed by atoms with Crippen molar-refractivity contribution in [2.45, 2.75) is 45.2 Å². The molecule has 0 saturated heterocycles. The Labute approximate surface area is 164 Å². The van der Waals surface area contributed by atoms with E-state index in [-0.39, 0.29) is 23.5 Å². The number of halogens is 1. The smallest absolute Gasteiger partial charge is 0.242 e. The van der Waals surface area contributed by atoms with E-state index in [9.17, 15) is 14.0 Å². The highest BCUT2D eigenvalue weighted by Crippen LogP contribution is 2.25. The molecule has 2 aromatic rings. The minimum atomic E-state index is -0.561. The van der Waals surface area contributed by atoms with Crippen LogP contribution in [0.3, 0.4) is 0 Å². The number of amides is 2. The van der Waals surface area contributed by atoms with Crippen molar-refractivity contribution in [3.8, 4) is 11.5 Å². The van der Waals surface area contributed by atoms with E-state index in [2.05, 4.69) is 10.6 Å². The maximum absolute atomic E-state index is 12.9. The summed E-state index contributed by atoms with van der Waals surface area (Å²) in [5, 5.41) is 5.63. The lowest BCUT2D eigenvalue weighted by molar-refractivity contribution is -0.130. The van der Waals surface area contributed by atoms with Gasteiger partial charge in [0, 0.05) is 12.5 Å². The summed E-state index contributed by atoms with van der Waals surface area (Å²) in [5.74, 6) is 0.671. The molecule has 3 rings (SSSR count). The van der Waals surface area contributed by atoms with Crippen LogP contribution in [0, 0.1) is 11.7 Å². The van der Waals surface area contributed by atoms with Crippen molar-refractivity contribution in [1.82, 2.24) is 10.6 Å². The predicted octanol–water partition coefficient (Wildman–Crippen LogP) is 3.93. The molecule has 28 heavy (non-hydrogen) atoms. The van der Waals surface area contributed by atoms with Crippen LogP contribution in [-0.4, -0.2) is 17.9 Å². The SMILES string of the molecule is C[C@@H](NC(=O)C1CCCC1)C(=O)NCc1ccc(Oc2ccc(F)cc2)cc1. The molecule has 1 atom stereocenters. The predicted molar refractivity (Wildman–Crippen MR) is 104 cm³/mol. The van der Waals surface area contributed by atoms with Gasteiger partial charge in [-0.2, -0.15) is 0 Å². The van der Waals surface area contributed by atoms with Crippen LogP contribution in [0.15, 0.2) is 48.5 Å². The Morgan fingerprint density at radius 1 is 1.04 bits per heavy atom. The molecule has 0 aromatic heterocycles. The van der Waals surface area contributed by atoms with Crippen LogP contribution < -0.4 is 15.4 Å². The highest BCUT2D eigenvalue weighted by Gasteiger charge is 2.25. The molecule has 0 aliphatic heterocycles. The van der Waals surface area contributed by atoms with Crippen LogP contribution in [0.5, 0.6) is 11.5 Å². The van der Waals surface area contributed by atoms with Crippen molar-refractivity contribution in [2.24, 2.45) is 5.92 Å². The molecule has 6 heteroatoms. The quantitative estimate of drug-likeness (QED) is 0.760. The fourth-order valence-corrected chi connectivity index (χ4v) is 3.24. The van der Waals surface area contributed by atoms with Gasteiger partial charge in [-0.3, -0.25) is 9.59 Å². The van der Waals surface area contributed by atoms with Gasteiger partial charge in [-0.05, 0) is 61.7 Å². The molecule has 1 fully saturated rings. The first-order valence-corrected chi connectivity index (χ1v) is 9.62. The zero-order valence-corrected chi connectivity index (χ0v) is 15.9. The molecular weight excluding hydrogens is 359 g/mol. The molecule has 0 heterocycles. The van der Waals surface area contributed by atoms with Gasteiger partial charge in [-0.25, -0.2) is 4.39 Å². The molecule has 2 aromatic carbocycles. The van der Waals surface area contributed by atoms with Crippen molar-refractivity contribution in [3.63, 3.8) is 0 Å². The summed E-state index contributed by atoms with van der Waals surface area (Å²) < 4.78 is 18.6. The summed E-state index contributed by atoms with van der Waals surface area (Å²) in [6.45, 7) is 2.06. The molecule has 1 saturated carbocycles. The van der Waals surface area contributed by atoms with E-state index in [1.807, 2.05) is 12.1 Å². The van der Waals surface area contributed by atoms with Gasteiger partial charge < -0.3 is 15.4 Å².